The van der Waals surface area contributed by atoms with Crippen molar-refractivity contribution < 1.29 is 13.4 Å². The molecule has 1 saturated heterocycles. The molecule has 0 aromatic carbocycles. The normalized spacial score (nSPS) is 36.4. The monoisotopic (exact) mass is 196 g/mol. The number of rotatable bonds is 0. The summed E-state index contributed by atoms with van der Waals surface area (Å²) in [7, 11) is 0. The van der Waals surface area contributed by atoms with Gasteiger partial charge in [0.15, 0.2) is 0 Å². The van der Waals surface area contributed by atoms with Gasteiger partial charge in [0.1, 0.15) is 0 Å². The first-order chi connectivity index (χ1) is 2.21. The van der Waals surface area contributed by atoms with E-state index in [-0.39, 0.29) is 0 Å². The van der Waals surface area contributed by atoms with Crippen molar-refractivity contribution in [2.75, 3.05) is 0 Å². The van der Waals surface area contributed by atoms with Crippen LogP contribution in [0.3, 0.4) is 0 Å². The Morgan fingerprint density at radius 2 is 1.40 bits per heavy atom. The van der Waals surface area contributed by atoms with Crippen molar-refractivity contribution >= 4 is 19.8 Å². The van der Waals surface area contributed by atoms with Crippen molar-refractivity contribution in [2.24, 2.45) is 0 Å². The molecule has 1 aliphatic heterocycles. The second-order valence-electron chi connectivity index (χ2n) is 0.584. The minimum atomic E-state index is -3.77. The molecule has 1 aliphatic rings. The molecule has 2 N–H and O–H groups in total. The van der Waals surface area contributed by atoms with Crippen LogP contribution < -0.4 is 0 Å². The van der Waals surface area contributed by atoms with E-state index in [1.807, 2.05) is 0 Å². The van der Waals surface area contributed by atoms with E-state index in [1.165, 1.54) is 0 Å². The van der Waals surface area contributed by atoms with E-state index in [1.54, 1.807) is 0 Å². The fourth-order valence-electron chi connectivity index (χ4n) is 0.0248. The average molecular weight is 194 g/mol. The Morgan fingerprint density at radius 3 is 1.40 bits per heavy atom. The van der Waals surface area contributed by atoms with Gasteiger partial charge in [-0.2, -0.15) is 0 Å². The molecule has 32 valence electrons. The molecular weight excluding hydrogens is 192 g/mol. The van der Waals surface area contributed by atoms with Gasteiger partial charge in [-0.1, -0.05) is 0 Å². The van der Waals surface area contributed by atoms with Crippen molar-refractivity contribution in [1.29, 1.82) is 0 Å². The van der Waals surface area contributed by atoms with Crippen LogP contribution in [0.1, 0.15) is 0 Å². The van der Waals surface area contributed by atoms with Gasteiger partial charge in [-0.3, -0.25) is 0 Å². The molecule has 4 nitrogen and oxygen atoms in total. The van der Waals surface area contributed by atoms with Crippen molar-refractivity contribution in [1.82, 2.24) is 0 Å². The van der Waals surface area contributed by atoms with E-state index in [0.29, 0.717) is 0 Å². The topological polar surface area (TPSA) is 65.5 Å². The van der Waals surface area contributed by atoms with Gasteiger partial charge < -0.3 is 0 Å². The van der Waals surface area contributed by atoms with E-state index in [9.17, 15) is 0 Å². The average Bonchev–Trinajstić information content (AvgIpc) is 1.76. The van der Waals surface area contributed by atoms with E-state index < -0.39 is 19.8 Å². The molecule has 0 saturated carbocycles. The molecule has 5 heteroatoms. The van der Waals surface area contributed by atoms with Gasteiger partial charge in [0, 0.05) is 0 Å². The Balaban J connectivity index is 2.38. The van der Waals surface area contributed by atoms with Gasteiger partial charge in [0.25, 0.3) is 0 Å². The van der Waals surface area contributed by atoms with Gasteiger partial charge in [-0.05, 0) is 0 Å². The van der Waals surface area contributed by atoms with Crippen molar-refractivity contribution in [3.05, 3.63) is 0 Å². The predicted molar refractivity (Wildman–Crippen MR) is 12.4 cm³/mol. The summed E-state index contributed by atoms with van der Waals surface area (Å²) in [5.41, 5.74) is 0. The van der Waals surface area contributed by atoms with Crippen LogP contribution in [0.5, 0.6) is 0 Å². The van der Waals surface area contributed by atoms with Gasteiger partial charge in [0.05, 0.1) is 0 Å². The molecule has 0 bridgehead atoms. The van der Waals surface area contributed by atoms with Crippen LogP contribution in [0.2, 0.25) is 0 Å². The SMILES string of the molecule is O[Te]1(O)OO1. The zero-order valence-corrected chi connectivity index (χ0v) is 4.45. The molecule has 1 fully saturated rings. The van der Waals surface area contributed by atoms with Gasteiger partial charge >= 0.3 is 33.3 Å². The molecule has 0 atom stereocenters. The van der Waals surface area contributed by atoms with Crippen molar-refractivity contribution in [3.8, 4) is 0 Å². The summed E-state index contributed by atoms with van der Waals surface area (Å²) in [6, 6.07) is 0. The summed E-state index contributed by atoms with van der Waals surface area (Å²) in [5.74, 6) is 0. The number of hydrogen-bond acceptors (Lipinski definition) is 4. The first-order valence-corrected chi connectivity index (χ1v) is 4.85. The van der Waals surface area contributed by atoms with E-state index in [2.05, 4.69) is 6.50 Å². The molecule has 5 heavy (non-hydrogen) atoms. The molecule has 0 aromatic heterocycles. The Kier molecular flexibility index (Phi) is 0.624. The summed E-state index contributed by atoms with van der Waals surface area (Å²) in [6.07, 6.45) is 0. The third-order valence-electron chi connectivity index (χ3n) is 0.190. The van der Waals surface area contributed by atoms with Crippen LogP contribution in [0, 0.1) is 0 Å². The third kappa shape index (κ3) is 1.01. The summed E-state index contributed by atoms with van der Waals surface area (Å²) >= 11 is -3.77. The molecule has 0 unspecified atom stereocenters. The van der Waals surface area contributed by atoms with E-state index >= 15 is 0 Å². The summed E-state index contributed by atoms with van der Waals surface area (Å²) in [4.78, 5) is 0. The van der Waals surface area contributed by atoms with E-state index in [4.69, 9.17) is 6.94 Å². The van der Waals surface area contributed by atoms with Crippen molar-refractivity contribution in [3.63, 3.8) is 0 Å². The van der Waals surface area contributed by atoms with Crippen LogP contribution in [-0.4, -0.2) is 26.8 Å². The molecule has 0 aromatic rings. The molecule has 0 radical (unpaired) electrons. The third-order valence-corrected chi connectivity index (χ3v) is 1.27. The predicted octanol–water partition coefficient (Wildman–Crippen LogP) is -1.63. The Labute approximate surface area is 33.8 Å². The first kappa shape index (κ1) is 3.81. The second kappa shape index (κ2) is 0.819. The standard InChI is InChI=1S/H2O4Te/c1-5(2)3-4-5/h1-2H. The molecule has 1 heterocycles. The van der Waals surface area contributed by atoms with E-state index in [0.717, 1.165) is 0 Å². The van der Waals surface area contributed by atoms with Crippen molar-refractivity contribution in [2.45, 2.75) is 0 Å². The van der Waals surface area contributed by atoms with Crippen LogP contribution in [0.25, 0.3) is 0 Å². The zero-order chi connectivity index (χ0) is 3.91. The van der Waals surface area contributed by atoms with Gasteiger partial charge in [-0.15, -0.1) is 0 Å². The summed E-state index contributed by atoms with van der Waals surface area (Å²) in [5, 5.41) is 0. The Hall–Kier alpha value is 0.630. The minimum absolute atomic E-state index is 3.70. The Morgan fingerprint density at radius 1 is 1.20 bits per heavy atom. The molecule has 0 spiro atoms. The molecule has 0 aliphatic carbocycles. The quantitative estimate of drug-likeness (QED) is 0.275. The summed E-state index contributed by atoms with van der Waals surface area (Å²) < 4.78 is 23.3. The van der Waals surface area contributed by atoms with Gasteiger partial charge in [-0.25, -0.2) is 0 Å². The Bertz CT molecular complexity index is 41.6. The molecule has 1 rings (SSSR count). The molecular formula is H2O4Te. The molecule has 0 amide bonds. The zero-order valence-electron chi connectivity index (χ0n) is 2.12. The van der Waals surface area contributed by atoms with Crippen LogP contribution >= 0.6 is 0 Å². The maximum atomic E-state index is 7.93. The summed E-state index contributed by atoms with van der Waals surface area (Å²) in [6.45, 7) is 0. The first-order valence-electron chi connectivity index (χ1n) is 0.865. The van der Waals surface area contributed by atoms with Gasteiger partial charge in [0.2, 0.25) is 0 Å². The second-order valence-corrected chi connectivity index (χ2v) is 3.92. The number of hydrogen-bond donors (Lipinski definition) is 2. The maximum absolute atomic E-state index is 7.93. The fraction of sp³-hybridized carbons (Fsp3) is 0. The van der Waals surface area contributed by atoms with Crippen LogP contribution in [0.4, 0.5) is 0 Å². The fourth-order valence-corrected chi connectivity index (χ4v) is 1.12. The van der Waals surface area contributed by atoms with Crippen LogP contribution in [-0.2, 0) is 6.50 Å². The van der Waals surface area contributed by atoms with Crippen LogP contribution in [0.15, 0.2) is 0 Å².